The number of hydrogen-bond acceptors (Lipinski definition) is 8. The van der Waals surface area contributed by atoms with Crippen LogP contribution in [0.5, 0.6) is 0 Å². The van der Waals surface area contributed by atoms with Crippen LogP contribution >= 0.6 is 23.5 Å². The van der Waals surface area contributed by atoms with Crippen molar-refractivity contribution >= 4 is 41.3 Å². The summed E-state index contributed by atoms with van der Waals surface area (Å²) in [5, 5.41) is 19.1. The number of carboxylic acids is 1. The van der Waals surface area contributed by atoms with E-state index in [1.165, 1.54) is 28.4 Å². The Kier molecular flexibility index (Phi) is 6.26. The van der Waals surface area contributed by atoms with E-state index in [1.807, 2.05) is 13.0 Å². The number of amides is 2. The van der Waals surface area contributed by atoms with Gasteiger partial charge < -0.3 is 16.2 Å². The fraction of sp³-hybridized carbons (Fsp3) is 0.350. The van der Waals surface area contributed by atoms with Gasteiger partial charge in [-0.25, -0.2) is 9.78 Å². The topological polar surface area (TPSA) is 154 Å². The fourth-order valence-corrected chi connectivity index (χ4v) is 6.13. The molecule has 168 valence electrons. The number of nitrogens with one attached hydrogen (secondary N) is 2. The SMILES string of the molecule is Cc1nc(SC(C)C2=C(C(=O)O)N3C(=O)C(NC(=O)C(N)c4ccccc4)[C@@H]3SC2)n[nH]1. The fourth-order valence-electron chi connectivity index (χ4n) is 3.61. The zero-order valence-electron chi connectivity index (χ0n) is 17.3. The molecule has 1 aromatic carbocycles. The number of hydrogen-bond donors (Lipinski definition) is 4. The number of aromatic amines is 1. The summed E-state index contributed by atoms with van der Waals surface area (Å²) in [6.07, 6.45) is 0. The molecular weight excluding hydrogens is 452 g/mol. The van der Waals surface area contributed by atoms with Gasteiger partial charge in [0.15, 0.2) is 0 Å². The van der Waals surface area contributed by atoms with Crippen LogP contribution in [0.4, 0.5) is 0 Å². The molecule has 1 fully saturated rings. The maximum Gasteiger partial charge on any atom is 0.352 e. The Morgan fingerprint density at radius 3 is 2.72 bits per heavy atom. The minimum Gasteiger partial charge on any atom is -0.477 e. The number of rotatable bonds is 7. The Labute approximate surface area is 192 Å². The minimum atomic E-state index is -1.18. The van der Waals surface area contributed by atoms with Crippen LogP contribution in [0.3, 0.4) is 0 Å². The van der Waals surface area contributed by atoms with E-state index in [1.54, 1.807) is 31.2 Å². The van der Waals surface area contributed by atoms with Crippen molar-refractivity contribution in [3.8, 4) is 0 Å². The molecule has 2 aliphatic heterocycles. The van der Waals surface area contributed by atoms with E-state index >= 15 is 0 Å². The number of thioether (sulfide) groups is 2. The summed E-state index contributed by atoms with van der Waals surface area (Å²) in [6.45, 7) is 3.64. The maximum absolute atomic E-state index is 12.9. The predicted molar refractivity (Wildman–Crippen MR) is 119 cm³/mol. The number of H-pyrrole nitrogens is 1. The third-order valence-electron chi connectivity index (χ3n) is 5.29. The lowest BCUT2D eigenvalue weighted by molar-refractivity contribution is -0.150. The molecule has 0 radical (unpaired) electrons. The number of benzene rings is 1. The Morgan fingerprint density at radius 2 is 2.09 bits per heavy atom. The lowest BCUT2D eigenvalue weighted by atomic mass is 10.0. The van der Waals surface area contributed by atoms with Crippen LogP contribution in [0.2, 0.25) is 0 Å². The van der Waals surface area contributed by atoms with Crippen molar-refractivity contribution in [2.45, 2.75) is 41.7 Å². The number of carbonyl (C=O) groups is 3. The first kappa shape index (κ1) is 22.4. The van der Waals surface area contributed by atoms with Crippen LogP contribution in [-0.2, 0) is 14.4 Å². The van der Waals surface area contributed by atoms with Crippen LogP contribution < -0.4 is 11.1 Å². The molecule has 2 aromatic rings. The molecule has 2 aliphatic rings. The highest BCUT2D eigenvalue weighted by Crippen LogP contribution is 2.43. The maximum atomic E-state index is 12.9. The molecule has 4 rings (SSSR count). The summed E-state index contributed by atoms with van der Waals surface area (Å²) < 4.78 is 0. The molecule has 0 bridgehead atoms. The van der Waals surface area contributed by atoms with Crippen LogP contribution in [-0.4, -0.2) is 65.4 Å². The van der Waals surface area contributed by atoms with Crippen molar-refractivity contribution < 1.29 is 19.5 Å². The van der Waals surface area contributed by atoms with Gasteiger partial charge in [-0.2, -0.15) is 0 Å². The average Bonchev–Trinajstić information content (AvgIpc) is 3.20. The van der Waals surface area contributed by atoms with Crippen molar-refractivity contribution in [1.82, 2.24) is 25.4 Å². The zero-order valence-corrected chi connectivity index (χ0v) is 18.9. The van der Waals surface area contributed by atoms with E-state index in [9.17, 15) is 19.5 Å². The molecule has 12 heteroatoms. The van der Waals surface area contributed by atoms with Gasteiger partial charge in [0.1, 0.15) is 29.0 Å². The first-order valence-electron chi connectivity index (χ1n) is 9.85. The molecule has 5 N–H and O–H groups in total. The zero-order chi connectivity index (χ0) is 23.0. The molecule has 3 heterocycles. The molecule has 4 atom stereocenters. The first-order valence-corrected chi connectivity index (χ1v) is 11.8. The van der Waals surface area contributed by atoms with Crippen molar-refractivity contribution in [2.24, 2.45) is 5.73 Å². The molecular formula is C20H22N6O4S2. The quantitative estimate of drug-likeness (QED) is 0.340. The summed E-state index contributed by atoms with van der Waals surface area (Å²) >= 11 is 2.74. The number of aliphatic carboxylic acids is 1. The molecule has 3 unspecified atom stereocenters. The third kappa shape index (κ3) is 4.12. The number of aryl methyl sites for hydroxylation is 1. The van der Waals surface area contributed by atoms with Crippen molar-refractivity contribution in [3.05, 3.63) is 53.0 Å². The molecule has 32 heavy (non-hydrogen) atoms. The summed E-state index contributed by atoms with van der Waals surface area (Å²) in [7, 11) is 0. The van der Waals surface area contributed by atoms with E-state index < -0.39 is 35.2 Å². The van der Waals surface area contributed by atoms with Crippen LogP contribution in [0.15, 0.2) is 46.8 Å². The number of aromatic nitrogens is 3. The van der Waals surface area contributed by atoms with Gasteiger partial charge in [0.05, 0.1) is 0 Å². The summed E-state index contributed by atoms with van der Waals surface area (Å²) in [6, 6.07) is 7.11. The van der Waals surface area contributed by atoms with Gasteiger partial charge in [-0.15, -0.1) is 16.9 Å². The van der Waals surface area contributed by atoms with Gasteiger partial charge in [0.25, 0.3) is 5.91 Å². The van der Waals surface area contributed by atoms with E-state index in [0.717, 1.165) is 0 Å². The highest BCUT2D eigenvalue weighted by atomic mass is 32.2. The Balaban J connectivity index is 1.49. The van der Waals surface area contributed by atoms with Crippen molar-refractivity contribution in [2.75, 3.05) is 5.75 Å². The summed E-state index contributed by atoms with van der Waals surface area (Å²) in [5.41, 5.74) is 7.24. The summed E-state index contributed by atoms with van der Waals surface area (Å²) in [5.74, 6) is -1.05. The highest BCUT2D eigenvalue weighted by Gasteiger charge is 2.54. The first-order chi connectivity index (χ1) is 15.3. The van der Waals surface area contributed by atoms with Crippen LogP contribution in [0, 0.1) is 6.92 Å². The van der Waals surface area contributed by atoms with Gasteiger partial charge in [-0.05, 0) is 25.0 Å². The van der Waals surface area contributed by atoms with Gasteiger partial charge in [0, 0.05) is 11.0 Å². The summed E-state index contributed by atoms with van der Waals surface area (Å²) in [4.78, 5) is 43.0. The number of nitrogens with two attached hydrogens (primary N) is 1. The molecule has 0 spiro atoms. The third-order valence-corrected chi connectivity index (χ3v) is 7.62. The standard InChI is InChI=1S/C20H22N6O4S2/c1-9(32-20-22-10(2)24-25-20)12-8-31-18-14(17(28)26(18)15(12)19(29)30)23-16(27)13(21)11-6-4-3-5-7-11/h3-7,9,13-14,18H,8,21H2,1-2H3,(H,23,27)(H,29,30)(H,22,24,25)/t9?,13?,14?,18-/m0/s1. The lowest BCUT2D eigenvalue weighted by Gasteiger charge is -2.50. The van der Waals surface area contributed by atoms with Gasteiger partial charge >= 0.3 is 5.97 Å². The van der Waals surface area contributed by atoms with Gasteiger partial charge in [0.2, 0.25) is 11.1 Å². The van der Waals surface area contributed by atoms with E-state index in [2.05, 4.69) is 20.5 Å². The molecule has 1 saturated heterocycles. The Hall–Kier alpha value is -2.83. The second kappa shape index (κ2) is 8.96. The second-order valence-corrected chi connectivity index (χ2v) is 9.84. The van der Waals surface area contributed by atoms with E-state index in [0.29, 0.717) is 27.9 Å². The molecule has 10 nitrogen and oxygen atoms in total. The predicted octanol–water partition coefficient (Wildman–Crippen LogP) is 1.03. The average molecular weight is 475 g/mol. The van der Waals surface area contributed by atoms with Gasteiger partial charge in [-0.1, -0.05) is 42.1 Å². The highest BCUT2D eigenvalue weighted by molar-refractivity contribution is 8.01. The van der Waals surface area contributed by atoms with Crippen molar-refractivity contribution in [1.29, 1.82) is 0 Å². The molecule has 2 amide bonds. The minimum absolute atomic E-state index is 0.0381. The molecule has 0 aliphatic carbocycles. The van der Waals surface area contributed by atoms with E-state index in [-0.39, 0.29) is 10.9 Å². The number of fused-ring (bicyclic) bond motifs is 1. The van der Waals surface area contributed by atoms with Gasteiger partial charge in [-0.3, -0.25) is 19.6 Å². The smallest absolute Gasteiger partial charge is 0.352 e. The Bertz CT molecular complexity index is 1090. The van der Waals surface area contributed by atoms with Crippen LogP contribution in [0.25, 0.3) is 0 Å². The molecule has 1 aromatic heterocycles. The number of carboxylic acid groups (broad SMARTS) is 1. The monoisotopic (exact) mass is 474 g/mol. The normalized spacial score (nSPS) is 22.1. The van der Waals surface area contributed by atoms with Crippen molar-refractivity contribution in [3.63, 3.8) is 0 Å². The largest absolute Gasteiger partial charge is 0.477 e. The number of β-lactam (4-membered cyclic amide) rings is 1. The second-order valence-electron chi connectivity index (χ2n) is 7.43. The lowest BCUT2D eigenvalue weighted by Crippen LogP contribution is -2.71. The molecule has 0 saturated carbocycles. The number of nitrogens with zero attached hydrogens (tertiary/aromatic N) is 3. The van der Waals surface area contributed by atoms with Crippen LogP contribution in [0.1, 0.15) is 24.4 Å². The van der Waals surface area contributed by atoms with E-state index in [4.69, 9.17) is 5.73 Å². The number of carbonyl (C=O) groups excluding carboxylic acids is 2. The Morgan fingerprint density at radius 1 is 1.38 bits per heavy atom.